The van der Waals surface area contributed by atoms with Crippen LogP contribution < -0.4 is 4.74 Å². The predicted molar refractivity (Wildman–Crippen MR) is 122 cm³/mol. The van der Waals surface area contributed by atoms with Crippen LogP contribution in [0.15, 0.2) is 54.7 Å². The lowest BCUT2D eigenvalue weighted by atomic mass is 10.1. The zero-order valence-electron chi connectivity index (χ0n) is 18.0. The molecule has 3 heterocycles. The van der Waals surface area contributed by atoms with Crippen LogP contribution in [0.3, 0.4) is 0 Å². The molecule has 5 rings (SSSR count). The van der Waals surface area contributed by atoms with E-state index in [1.807, 2.05) is 48.5 Å². The Morgan fingerprint density at radius 3 is 2.45 bits per heavy atom. The molecule has 1 aliphatic heterocycles. The highest BCUT2D eigenvalue weighted by atomic mass is 16.5. The van der Waals surface area contributed by atoms with Gasteiger partial charge in [0, 0.05) is 44.5 Å². The maximum atomic E-state index is 6.06. The molecular formula is C24H28N6O. The molecule has 1 aliphatic rings. The first-order valence-corrected chi connectivity index (χ1v) is 10.9. The van der Waals surface area contributed by atoms with Crippen LogP contribution in [0, 0.1) is 0 Å². The molecule has 0 radical (unpaired) electrons. The lowest BCUT2D eigenvalue weighted by Crippen LogP contribution is -2.48. The predicted octanol–water partition coefficient (Wildman–Crippen LogP) is 4.27. The second-order valence-electron chi connectivity index (χ2n) is 8.37. The maximum absolute atomic E-state index is 6.06. The number of ether oxygens (including phenoxy) is 1. The Kier molecular flexibility index (Phi) is 5.44. The van der Waals surface area contributed by atoms with Gasteiger partial charge in [0.15, 0.2) is 0 Å². The topological polar surface area (TPSA) is 73.1 Å². The zero-order chi connectivity index (χ0) is 21.2. The number of rotatable bonds is 6. The van der Waals surface area contributed by atoms with Gasteiger partial charge in [-0.05, 0) is 61.9 Å². The molecule has 4 aromatic rings. The third kappa shape index (κ3) is 4.47. The fourth-order valence-corrected chi connectivity index (χ4v) is 4.08. The summed E-state index contributed by atoms with van der Waals surface area (Å²) in [6.45, 7) is 9.79. The van der Waals surface area contributed by atoms with E-state index in [0.29, 0.717) is 6.04 Å². The van der Waals surface area contributed by atoms with Crippen LogP contribution >= 0.6 is 0 Å². The second-order valence-corrected chi connectivity index (χ2v) is 8.37. The van der Waals surface area contributed by atoms with Gasteiger partial charge in [-0.2, -0.15) is 5.10 Å². The number of aromatic nitrogens is 4. The maximum Gasteiger partial charge on any atom is 0.129 e. The Labute approximate surface area is 182 Å². The number of H-pyrrole nitrogens is 2. The minimum atomic E-state index is 0.619. The molecule has 0 bridgehead atoms. The highest BCUT2D eigenvalue weighted by Gasteiger charge is 2.19. The molecule has 2 aromatic heterocycles. The molecule has 0 spiro atoms. The monoisotopic (exact) mass is 416 g/mol. The van der Waals surface area contributed by atoms with E-state index < -0.39 is 0 Å². The van der Waals surface area contributed by atoms with Gasteiger partial charge in [0.25, 0.3) is 0 Å². The van der Waals surface area contributed by atoms with Crippen molar-refractivity contribution in [1.29, 1.82) is 0 Å². The quantitative estimate of drug-likeness (QED) is 0.491. The van der Waals surface area contributed by atoms with E-state index in [1.54, 1.807) is 6.20 Å². The molecule has 0 aliphatic carbocycles. The van der Waals surface area contributed by atoms with Crippen molar-refractivity contribution in [1.82, 2.24) is 30.0 Å². The van der Waals surface area contributed by atoms with E-state index >= 15 is 0 Å². The Morgan fingerprint density at radius 2 is 1.74 bits per heavy atom. The summed E-state index contributed by atoms with van der Waals surface area (Å²) < 4.78 is 6.06. The molecule has 0 amide bonds. The number of aromatic amines is 2. The number of hydrogen-bond donors (Lipinski definition) is 2. The van der Waals surface area contributed by atoms with Gasteiger partial charge in [0.1, 0.15) is 17.3 Å². The van der Waals surface area contributed by atoms with Crippen molar-refractivity contribution in [3.63, 3.8) is 0 Å². The number of fused-ring (bicyclic) bond motifs is 1. The van der Waals surface area contributed by atoms with E-state index in [9.17, 15) is 0 Å². The fraction of sp³-hybridized carbons (Fsp3) is 0.333. The fourth-order valence-electron chi connectivity index (χ4n) is 4.08. The largest absolute Gasteiger partial charge is 0.457 e. The van der Waals surface area contributed by atoms with Crippen molar-refractivity contribution in [3.05, 3.63) is 60.6 Å². The molecule has 7 heteroatoms. The van der Waals surface area contributed by atoms with Gasteiger partial charge < -0.3 is 9.72 Å². The molecule has 1 fully saturated rings. The number of imidazole rings is 1. The summed E-state index contributed by atoms with van der Waals surface area (Å²) in [5, 5.41) is 6.97. The van der Waals surface area contributed by atoms with Crippen LogP contribution in [0.5, 0.6) is 11.5 Å². The molecule has 0 unspecified atom stereocenters. The van der Waals surface area contributed by atoms with Crippen LogP contribution in [-0.2, 0) is 6.54 Å². The number of benzene rings is 2. The van der Waals surface area contributed by atoms with Gasteiger partial charge >= 0.3 is 0 Å². The number of nitrogens with one attached hydrogen (secondary N) is 2. The third-order valence-corrected chi connectivity index (χ3v) is 5.92. The lowest BCUT2D eigenvalue weighted by molar-refractivity contribution is 0.102. The minimum absolute atomic E-state index is 0.619. The first-order valence-electron chi connectivity index (χ1n) is 10.9. The van der Waals surface area contributed by atoms with Gasteiger partial charge in [-0.3, -0.25) is 14.9 Å². The summed E-state index contributed by atoms with van der Waals surface area (Å²) in [6.07, 6.45) is 1.75. The molecule has 0 saturated carbocycles. The standard InChI is InChI=1S/C24H28N6O/c1-17(2)30-13-11-29(12-14-30)16-24-26-22-8-7-20(15-23(22)27-24)31-19-5-3-18(4-6-19)21-9-10-25-28-21/h3-10,15,17H,11-14,16H2,1-2H3,(H,25,28)(H,26,27). The Morgan fingerprint density at radius 1 is 0.968 bits per heavy atom. The third-order valence-electron chi connectivity index (χ3n) is 5.92. The highest BCUT2D eigenvalue weighted by molar-refractivity contribution is 5.77. The summed E-state index contributed by atoms with van der Waals surface area (Å²) in [4.78, 5) is 13.3. The molecule has 160 valence electrons. The number of hydrogen-bond acceptors (Lipinski definition) is 5. The number of nitrogens with zero attached hydrogens (tertiary/aromatic N) is 4. The van der Waals surface area contributed by atoms with Crippen molar-refractivity contribution in [2.75, 3.05) is 26.2 Å². The number of piperazine rings is 1. The van der Waals surface area contributed by atoms with Gasteiger partial charge in [-0.15, -0.1) is 0 Å². The van der Waals surface area contributed by atoms with E-state index in [1.165, 1.54) is 0 Å². The van der Waals surface area contributed by atoms with E-state index in [0.717, 1.165) is 72.3 Å². The molecule has 0 atom stereocenters. The Balaban J connectivity index is 1.24. The minimum Gasteiger partial charge on any atom is -0.457 e. The van der Waals surface area contributed by atoms with Gasteiger partial charge in [-0.25, -0.2) is 4.98 Å². The molecule has 31 heavy (non-hydrogen) atoms. The smallest absolute Gasteiger partial charge is 0.129 e. The van der Waals surface area contributed by atoms with Crippen molar-refractivity contribution in [2.45, 2.75) is 26.4 Å². The van der Waals surface area contributed by atoms with Crippen LogP contribution in [-0.4, -0.2) is 62.2 Å². The van der Waals surface area contributed by atoms with E-state index in [4.69, 9.17) is 9.72 Å². The Bertz CT molecular complexity index is 1120. The zero-order valence-corrected chi connectivity index (χ0v) is 18.0. The normalized spacial score (nSPS) is 15.7. The van der Waals surface area contributed by atoms with Crippen molar-refractivity contribution in [3.8, 4) is 22.8 Å². The summed E-state index contributed by atoms with van der Waals surface area (Å²) in [5.41, 5.74) is 4.04. The van der Waals surface area contributed by atoms with Gasteiger partial charge in [-0.1, -0.05) is 0 Å². The molecule has 2 aromatic carbocycles. The molecule has 7 nitrogen and oxygen atoms in total. The average molecular weight is 417 g/mol. The van der Waals surface area contributed by atoms with Gasteiger partial charge in [0.2, 0.25) is 0 Å². The molecular weight excluding hydrogens is 388 g/mol. The van der Waals surface area contributed by atoms with Crippen LogP contribution in [0.4, 0.5) is 0 Å². The molecule has 1 saturated heterocycles. The first kappa shape index (κ1) is 19.8. The van der Waals surface area contributed by atoms with Crippen molar-refractivity contribution >= 4 is 11.0 Å². The summed E-state index contributed by atoms with van der Waals surface area (Å²) in [7, 11) is 0. The summed E-state index contributed by atoms with van der Waals surface area (Å²) in [5.74, 6) is 2.58. The van der Waals surface area contributed by atoms with E-state index in [2.05, 4.69) is 38.8 Å². The van der Waals surface area contributed by atoms with Crippen LogP contribution in [0.2, 0.25) is 0 Å². The highest BCUT2D eigenvalue weighted by Crippen LogP contribution is 2.27. The lowest BCUT2D eigenvalue weighted by Gasteiger charge is -2.36. The first-order chi connectivity index (χ1) is 15.1. The second kappa shape index (κ2) is 8.53. The van der Waals surface area contributed by atoms with E-state index in [-0.39, 0.29) is 0 Å². The van der Waals surface area contributed by atoms with Crippen LogP contribution in [0.25, 0.3) is 22.3 Å². The molecule has 2 N–H and O–H groups in total. The van der Waals surface area contributed by atoms with Crippen molar-refractivity contribution < 1.29 is 4.74 Å². The average Bonchev–Trinajstić information content (AvgIpc) is 3.44. The van der Waals surface area contributed by atoms with Crippen LogP contribution in [0.1, 0.15) is 19.7 Å². The summed E-state index contributed by atoms with van der Waals surface area (Å²) >= 11 is 0. The van der Waals surface area contributed by atoms with Crippen molar-refractivity contribution in [2.24, 2.45) is 0 Å². The Hall–Kier alpha value is -3.16. The summed E-state index contributed by atoms with van der Waals surface area (Å²) in [6, 6.07) is 16.6. The van der Waals surface area contributed by atoms with Gasteiger partial charge in [0.05, 0.1) is 23.3 Å². The SMILES string of the molecule is CC(C)N1CCN(Cc2nc3cc(Oc4ccc(-c5ccn[nH]5)cc4)ccc3[nH]2)CC1.